The van der Waals surface area contributed by atoms with Gasteiger partial charge >= 0.3 is 0 Å². The predicted molar refractivity (Wildman–Crippen MR) is 84.2 cm³/mol. The van der Waals surface area contributed by atoms with Crippen LogP contribution in [-0.2, 0) is 13.5 Å². The first kappa shape index (κ1) is 13.9. The second kappa shape index (κ2) is 6.14. The highest BCUT2D eigenvalue weighted by atomic mass is 16.3. The Morgan fingerprint density at radius 2 is 2.19 bits per heavy atom. The molecule has 4 heteroatoms. The van der Waals surface area contributed by atoms with E-state index in [9.17, 15) is 0 Å². The van der Waals surface area contributed by atoms with Crippen LogP contribution in [0.1, 0.15) is 30.8 Å². The minimum absolute atomic E-state index is 0.287. The second-order valence-electron chi connectivity index (χ2n) is 5.29. The highest BCUT2D eigenvalue weighted by Gasteiger charge is 2.16. The van der Waals surface area contributed by atoms with Crippen LogP contribution in [0.3, 0.4) is 0 Å². The number of furan rings is 1. The Bertz CT molecular complexity index is 713. The molecule has 1 aromatic carbocycles. The van der Waals surface area contributed by atoms with Crippen LogP contribution in [0.25, 0.3) is 11.0 Å². The summed E-state index contributed by atoms with van der Waals surface area (Å²) in [5, 5.41) is 4.76. The number of fused-ring (bicyclic) bond motifs is 1. The molecule has 0 aliphatic carbocycles. The van der Waals surface area contributed by atoms with Gasteiger partial charge in [0.15, 0.2) is 0 Å². The summed E-state index contributed by atoms with van der Waals surface area (Å²) in [6.07, 6.45) is 7.68. The molecule has 4 nitrogen and oxygen atoms in total. The van der Waals surface area contributed by atoms with Crippen molar-refractivity contribution in [3.63, 3.8) is 0 Å². The average molecular weight is 283 g/mol. The van der Waals surface area contributed by atoms with E-state index in [0.29, 0.717) is 0 Å². The molecular weight excluding hydrogens is 262 g/mol. The normalized spacial score (nSPS) is 12.9. The number of nitrogens with zero attached hydrogens (tertiary/aromatic N) is 2. The van der Waals surface area contributed by atoms with Crippen molar-refractivity contribution in [2.45, 2.75) is 25.8 Å². The third-order valence-corrected chi connectivity index (χ3v) is 3.91. The number of hydrogen-bond donors (Lipinski definition) is 1. The molecule has 0 radical (unpaired) electrons. The molecule has 2 heterocycles. The summed E-state index contributed by atoms with van der Waals surface area (Å²) in [7, 11) is 2.04. The van der Waals surface area contributed by atoms with Crippen molar-refractivity contribution in [1.29, 1.82) is 0 Å². The molecule has 0 spiro atoms. The van der Waals surface area contributed by atoms with E-state index >= 15 is 0 Å². The molecule has 1 atom stereocenters. The lowest BCUT2D eigenvalue weighted by Crippen LogP contribution is -2.21. The van der Waals surface area contributed by atoms with Gasteiger partial charge in [-0.15, -0.1) is 0 Å². The third kappa shape index (κ3) is 2.85. The summed E-state index contributed by atoms with van der Waals surface area (Å²) in [6.45, 7) is 3.07. The Balaban J connectivity index is 1.82. The van der Waals surface area contributed by atoms with E-state index in [2.05, 4.69) is 33.9 Å². The molecule has 0 amide bonds. The molecule has 0 saturated carbocycles. The number of benzene rings is 1. The molecule has 2 aromatic heterocycles. The van der Waals surface area contributed by atoms with Gasteiger partial charge in [0, 0.05) is 42.9 Å². The summed E-state index contributed by atoms with van der Waals surface area (Å²) >= 11 is 0. The van der Waals surface area contributed by atoms with Crippen LogP contribution >= 0.6 is 0 Å². The lowest BCUT2D eigenvalue weighted by atomic mass is 10.0. The van der Waals surface area contributed by atoms with Crippen LogP contribution in [0, 0.1) is 0 Å². The minimum atomic E-state index is 0.287. The van der Waals surface area contributed by atoms with E-state index in [1.165, 1.54) is 10.9 Å². The number of para-hydroxylation sites is 1. The molecule has 1 unspecified atom stereocenters. The van der Waals surface area contributed by atoms with E-state index in [0.717, 1.165) is 30.8 Å². The summed E-state index contributed by atoms with van der Waals surface area (Å²) in [6, 6.07) is 8.49. The van der Waals surface area contributed by atoms with Crippen LogP contribution in [0.5, 0.6) is 0 Å². The first-order chi connectivity index (χ1) is 10.3. The number of aromatic nitrogens is 2. The summed E-state index contributed by atoms with van der Waals surface area (Å²) in [5.41, 5.74) is 2.19. The fraction of sp³-hybridized carbons (Fsp3) is 0.353. The highest BCUT2D eigenvalue weighted by Crippen LogP contribution is 2.28. The Hall–Kier alpha value is -2.07. The van der Waals surface area contributed by atoms with E-state index in [1.54, 1.807) is 0 Å². The molecule has 0 bridgehead atoms. The summed E-state index contributed by atoms with van der Waals surface area (Å²) in [5.74, 6) is 1.12. The van der Waals surface area contributed by atoms with Crippen molar-refractivity contribution < 1.29 is 4.42 Å². The van der Waals surface area contributed by atoms with E-state index in [4.69, 9.17) is 4.42 Å². The molecule has 0 aliphatic heterocycles. The van der Waals surface area contributed by atoms with Crippen molar-refractivity contribution in [2.75, 3.05) is 6.54 Å². The highest BCUT2D eigenvalue weighted by molar-refractivity contribution is 5.81. The van der Waals surface area contributed by atoms with Gasteiger partial charge < -0.3 is 14.3 Å². The van der Waals surface area contributed by atoms with Crippen LogP contribution in [0.4, 0.5) is 0 Å². The van der Waals surface area contributed by atoms with Crippen LogP contribution < -0.4 is 5.32 Å². The Morgan fingerprint density at radius 1 is 1.33 bits per heavy atom. The molecule has 0 saturated heterocycles. The second-order valence-corrected chi connectivity index (χ2v) is 5.29. The Kier molecular flexibility index (Phi) is 4.06. The maximum atomic E-state index is 5.68. The van der Waals surface area contributed by atoms with Crippen molar-refractivity contribution >= 4 is 11.0 Å². The smallest absolute Gasteiger partial charge is 0.134 e. The topological polar surface area (TPSA) is 43.0 Å². The first-order valence-electron chi connectivity index (χ1n) is 7.45. The van der Waals surface area contributed by atoms with Crippen LogP contribution in [-0.4, -0.2) is 16.1 Å². The van der Waals surface area contributed by atoms with Gasteiger partial charge in [-0.2, -0.15) is 0 Å². The van der Waals surface area contributed by atoms with Gasteiger partial charge in [-0.05, 0) is 19.0 Å². The van der Waals surface area contributed by atoms with Gasteiger partial charge in [0.1, 0.15) is 11.4 Å². The summed E-state index contributed by atoms with van der Waals surface area (Å²) in [4.78, 5) is 4.40. The zero-order valence-electron chi connectivity index (χ0n) is 12.5. The van der Waals surface area contributed by atoms with Crippen molar-refractivity contribution in [3.05, 3.63) is 54.3 Å². The third-order valence-electron chi connectivity index (χ3n) is 3.91. The van der Waals surface area contributed by atoms with E-state index < -0.39 is 0 Å². The lowest BCUT2D eigenvalue weighted by molar-refractivity contribution is 0.498. The Morgan fingerprint density at radius 3 is 2.95 bits per heavy atom. The van der Waals surface area contributed by atoms with Gasteiger partial charge in [0.2, 0.25) is 0 Å². The van der Waals surface area contributed by atoms with E-state index in [-0.39, 0.29) is 6.04 Å². The van der Waals surface area contributed by atoms with Crippen LogP contribution in [0.2, 0.25) is 0 Å². The van der Waals surface area contributed by atoms with Gasteiger partial charge in [-0.25, -0.2) is 4.98 Å². The van der Waals surface area contributed by atoms with Crippen molar-refractivity contribution in [2.24, 2.45) is 7.05 Å². The van der Waals surface area contributed by atoms with Gasteiger partial charge in [-0.1, -0.05) is 25.1 Å². The molecule has 1 N–H and O–H groups in total. The zero-order chi connectivity index (χ0) is 14.7. The molecule has 21 heavy (non-hydrogen) atoms. The molecule has 0 aliphatic rings. The number of hydrogen-bond acceptors (Lipinski definition) is 3. The molecule has 0 fully saturated rings. The van der Waals surface area contributed by atoms with Gasteiger partial charge in [0.05, 0.1) is 6.26 Å². The van der Waals surface area contributed by atoms with Crippen LogP contribution in [0.15, 0.2) is 47.3 Å². The molecular formula is C17H21N3O. The standard InChI is InChI=1S/C17H21N3O/c1-3-18-15(8-9-17-19-10-11-20(17)2)14-12-21-16-7-5-4-6-13(14)16/h4-7,10-12,15,18H,3,8-9H2,1-2H3. The van der Waals surface area contributed by atoms with E-state index in [1.807, 2.05) is 37.8 Å². The maximum Gasteiger partial charge on any atom is 0.134 e. The monoisotopic (exact) mass is 283 g/mol. The quantitative estimate of drug-likeness (QED) is 0.753. The molecule has 3 rings (SSSR count). The van der Waals surface area contributed by atoms with Crippen molar-refractivity contribution in [3.8, 4) is 0 Å². The van der Waals surface area contributed by atoms with Gasteiger partial charge in [-0.3, -0.25) is 0 Å². The number of rotatable bonds is 6. The first-order valence-corrected chi connectivity index (χ1v) is 7.45. The van der Waals surface area contributed by atoms with Gasteiger partial charge in [0.25, 0.3) is 0 Å². The zero-order valence-corrected chi connectivity index (χ0v) is 12.5. The fourth-order valence-corrected chi connectivity index (χ4v) is 2.79. The van der Waals surface area contributed by atoms with Crippen molar-refractivity contribution in [1.82, 2.24) is 14.9 Å². The predicted octanol–water partition coefficient (Wildman–Crippen LogP) is 3.45. The Labute approximate surface area is 124 Å². The number of aryl methyl sites for hydroxylation is 2. The summed E-state index contributed by atoms with van der Waals surface area (Å²) < 4.78 is 7.76. The lowest BCUT2D eigenvalue weighted by Gasteiger charge is -2.16. The minimum Gasteiger partial charge on any atom is -0.464 e. The largest absolute Gasteiger partial charge is 0.464 e. The number of imidazole rings is 1. The average Bonchev–Trinajstić information content (AvgIpc) is 3.10. The maximum absolute atomic E-state index is 5.68. The number of nitrogens with one attached hydrogen (secondary N) is 1. The molecule has 3 aromatic rings. The fourth-order valence-electron chi connectivity index (χ4n) is 2.79. The molecule has 110 valence electrons. The SMILES string of the molecule is CCNC(CCc1nccn1C)c1coc2ccccc12.